The summed E-state index contributed by atoms with van der Waals surface area (Å²) < 4.78 is 51.5. The number of esters is 1. The van der Waals surface area contributed by atoms with E-state index in [2.05, 4.69) is 15.3 Å². The maximum Gasteiger partial charge on any atom is 0.360 e. The van der Waals surface area contributed by atoms with Crippen LogP contribution in [0.5, 0.6) is 0 Å². The van der Waals surface area contributed by atoms with Crippen LogP contribution in [0.1, 0.15) is 47.0 Å². The predicted molar refractivity (Wildman–Crippen MR) is 113 cm³/mol. The molecule has 1 aromatic carbocycles. The van der Waals surface area contributed by atoms with Crippen LogP contribution in [-0.4, -0.2) is 47.5 Å². The zero-order valence-corrected chi connectivity index (χ0v) is 17.7. The summed E-state index contributed by atoms with van der Waals surface area (Å²) in [6, 6.07) is 5.18. The maximum absolute atomic E-state index is 13.9. The largest absolute Gasteiger partial charge is 0.461 e. The topological polar surface area (TPSA) is 97.6 Å². The van der Waals surface area contributed by atoms with Gasteiger partial charge in [0.1, 0.15) is 17.9 Å². The van der Waals surface area contributed by atoms with Gasteiger partial charge in [0.25, 0.3) is 5.91 Å². The van der Waals surface area contributed by atoms with Crippen molar-refractivity contribution in [1.29, 1.82) is 0 Å². The molecule has 0 aliphatic carbocycles. The fourth-order valence-electron chi connectivity index (χ4n) is 3.61. The van der Waals surface area contributed by atoms with Crippen LogP contribution in [0.4, 0.5) is 25.0 Å². The minimum Gasteiger partial charge on any atom is -0.461 e. The molecule has 0 bridgehead atoms. The zero-order chi connectivity index (χ0) is 23.6. The smallest absolute Gasteiger partial charge is 0.360 e. The third kappa shape index (κ3) is 5.07. The number of pyridine rings is 1. The van der Waals surface area contributed by atoms with Crippen molar-refractivity contribution < 1.29 is 31.9 Å². The van der Waals surface area contributed by atoms with E-state index in [1.54, 1.807) is 11.8 Å². The van der Waals surface area contributed by atoms with Crippen LogP contribution in [0.15, 0.2) is 34.9 Å². The molecule has 33 heavy (non-hydrogen) atoms. The average molecular weight is 462 g/mol. The van der Waals surface area contributed by atoms with Crippen molar-refractivity contribution in [3.63, 3.8) is 0 Å². The van der Waals surface area contributed by atoms with Crippen molar-refractivity contribution in [3.05, 3.63) is 47.6 Å². The van der Waals surface area contributed by atoms with E-state index in [1.807, 2.05) is 0 Å². The number of rotatable bonds is 5. The van der Waals surface area contributed by atoms with Crippen molar-refractivity contribution >= 4 is 34.6 Å². The monoisotopic (exact) mass is 462 g/mol. The first-order valence-corrected chi connectivity index (χ1v) is 10.4. The molecule has 2 aromatic heterocycles. The first kappa shape index (κ1) is 22.6. The van der Waals surface area contributed by atoms with Crippen LogP contribution in [0, 0.1) is 5.82 Å². The normalized spacial score (nSPS) is 15.8. The minimum atomic E-state index is -2.80. The number of ether oxygens (including phenoxy) is 1. The molecular formula is C22H21F3N4O4. The molecule has 11 heteroatoms. The van der Waals surface area contributed by atoms with E-state index >= 15 is 0 Å². The minimum absolute atomic E-state index is 0.0207. The first-order chi connectivity index (χ1) is 15.8. The highest BCUT2D eigenvalue weighted by atomic mass is 19.3. The number of benzene rings is 1. The highest BCUT2D eigenvalue weighted by molar-refractivity contribution is 6.09. The quantitative estimate of drug-likeness (QED) is 0.561. The van der Waals surface area contributed by atoms with Crippen LogP contribution in [0.25, 0.3) is 10.9 Å². The van der Waals surface area contributed by atoms with Gasteiger partial charge >= 0.3 is 12.0 Å². The molecule has 4 rings (SSSR count). The van der Waals surface area contributed by atoms with Crippen LogP contribution in [-0.2, 0) is 4.74 Å². The lowest BCUT2D eigenvalue weighted by atomic mass is 10.1. The van der Waals surface area contributed by atoms with Gasteiger partial charge in [-0.15, -0.1) is 0 Å². The van der Waals surface area contributed by atoms with E-state index in [0.29, 0.717) is 10.9 Å². The van der Waals surface area contributed by atoms with Crippen molar-refractivity contribution in [2.75, 3.05) is 29.9 Å². The van der Waals surface area contributed by atoms with Gasteiger partial charge in [-0.3, -0.25) is 10.1 Å². The van der Waals surface area contributed by atoms with Crippen molar-refractivity contribution in [3.8, 4) is 0 Å². The van der Waals surface area contributed by atoms with Gasteiger partial charge in [-0.1, -0.05) is 0 Å². The summed E-state index contributed by atoms with van der Waals surface area (Å²) in [6.45, 7) is 2.03. The van der Waals surface area contributed by atoms with Gasteiger partial charge in [0.2, 0.25) is 5.92 Å². The summed E-state index contributed by atoms with van der Waals surface area (Å²) in [7, 11) is 0. The number of hydrogen-bond donors (Lipinski definition) is 1. The molecular weight excluding hydrogens is 441 g/mol. The van der Waals surface area contributed by atoms with E-state index in [9.17, 15) is 22.8 Å². The van der Waals surface area contributed by atoms with Gasteiger partial charge in [0, 0.05) is 37.4 Å². The Morgan fingerprint density at radius 2 is 2.03 bits per heavy atom. The lowest BCUT2D eigenvalue weighted by Crippen LogP contribution is -2.29. The Morgan fingerprint density at radius 1 is 1.21 bits per heavy atom. The fraction of sp³-hybridized carbons (Fsp3) is 0.364. The summed E-state index contributed by atoms with van der Waals surface area (Å²) in [5.74, 6) is -4.53. The number of aromatic nitrogens is 2. The van der Waals surface area contributed by atoms with Crippen LogP contribution < -0.4 is 10.2 Å². The maximum atomic E-state index is 13.9. The lowest BCUT2D eigenvalue weighted by Gasteiger charge is -2.24. The van der Waals surface area contributed by atoms with Crippen molar-refractivity contribution in [2.24, 2.45) is 0 Å². The van der Waals surface area contributed by atoms with E-state index in [4.69, 9.17) is 9.15 Å². The predicted octanol–water partition coefficient (Wildman–Crippen LogP) is 4.42. The van der Waals surface area contributed by atoms with E-state index in [0.717, 1.165) is 6.26 Å². The number of hydrogen-bond acceptors (Lipinski definition) is 7. The number of nitrogens with zero attached hydrogens (tertiary/aromatic N) is 3. The standard InChI is InChI=1S/C22H21F3N4O4/c1-2-32-20(31)17-12-33-21(27-17)28-19(30)15-10-13-4-5-14(23)11-16(13)26-18(15)29-8-3-6-22(24,25)7-9-29/h4-5,10-12H,2-3,6-9H2,1H3,(H,27,28,30). The molecule has 1 fully saturated rings. The Bertz CT molecular complexity index is 1200. The van der Waals surface area contributed by atoms with E-state index in [-0.39, 0.29) is 62.0 Å². The molecule has 0 radical (unpaired) electrons. The second-order valence-electron chi connectivity index (χ2n) is 7.61. The molecule has 1 saturated heterocycles. The number of oxazole rings is 1. The van der Waals surface area contributed by atoms with Crippen LogP contribution in [0.3, 0.4) is 0 Å². The number of anilines is 2. The van der Waals surface area contributed by atoms with Crippen molar-refractivity contribution in [1.82, 2.24) is 9.97 Å². The van der Waals surface area contributed by atoms with Gasteiger partial charge < -0.3 is 14.1 Å². The first-order valence-electron chi connectivity index (χ1n) is 10.4. The second kappa shape index (κ2) is 9.08. The summed E-state index contributed by atoms with van der Waals surface area (Å²) in [5, 5.41) is 2.94. The lowest BCUT2D eigenvalue weighted by molar-refractivity contribution is -0.0102. The van der Waals surface area contributed by atoms with E-state index in [1.165, 1.54) is 24.3 Å². The summed E-state index contributed by atoms with van der Waals surface area (Å²) in [6.07, 6.45) is 0.603. The Kier molecular flexibility index (Phi) is 6.21. The molecule has 1 N–H and O–H groups in total. The number of fused-ring (bicyclic) bond motifs is 1. The fourth-order valence-corrected chi connectivity index (χ4v) is 3.61. The molecule has 1 aliphatic rings. The Hall–Kier alpha value is -3.63. The number of halogens is 3. The highest BCUT2D eigenvalue weighted by Crippen LogP contribution is 2.32. The van der Waals surface area contributed by atoms with Gasteiger partial charge in [-0.25, -0.2) is 22.9 Å². The molecule has 0 atom stereocenters. The number of carbonyl (C=O) groups is 2. The number of amides is 1. The molecule has 3 heterocycles. The second-order valence-corrected chi connectivity index (χ2v) is 7.61. The summed E-state index contributed by atoms with van der Waals surface area (Å²) in [5.41, 5.74) is 0.253. The Morgan fingerprint density at radius 3 is 2.82 bits per heavy atom. The van der Waals surface area contributed by atoms with E-state index < -0.39 is 23.6 Å². The highest BCUT2D eigenvalue weighted by Gasteiger charge is 2.33. The molecule has 174 valence electrons. The van der Waals surface area contributed by atoms with Gasteiger partial charge in [0.05, 0.1) is 17.7 Å². The molecule has 3 aromatic rings. The molecule has 0 spiro atoms. The van der Waals surface area contributed by atoms with Crippen molar-refractivity contribution in [2.45, 2.75) is 32.1 Å². The molecule has 1 amide bonds. The average Bonchev–Trinajstić information content (AvgIpc) is 3.15. The molecule has 8 nitrogen and oxygen atoms in total. The Balaban J connectivity index is 1.68. The Labute approximate surface area is 186 Å². The number of nitrogens with one attached hydrogen (secondary N) is 1. The van der Waals surface area contributed by atoms with Gasteiger partial charge in [-0.05, 0) is 31.5 Å². The van der Waals surface area contributed by atoms with Crippen LogP contribution in [0.2, 0.25) is 0 Å². The third-order valence-corrected chi connectivity index (χ3v) is 5.23. The van der Waals surface area contributed by atoms with Gasteiger partial charge in [0.15, 0.2) is 5.69 Å². The van der Waals surface area contributed by atoms with Gasteiger partial charge in [-0.2, -0.15) is 4.98 Å². The zero-order valence-electron chi connectivity index (χ0n) is 17.7. The number of alkyl halides is 2. The third-order valence-electron chi connectivity index (χ3n) is 5.23. The molecule has 1 aliphatic heterocycles. The molecule has 0 saturated carbocycles. The number of carbonyl (C=O) groups excluding carboxylic acids is 2. The summed E-state index contributed by atoms with van der Waals surface area (Å²) in [4.78, 5) is 34.8. The SMILES string of the molecule is CCOC(=O)c1coc(NC(=O)c2cc3ccc(F)cc3nc2N2CCCC(F)(F)CC2)n1. The summed E-state index contributed by atoms with van der Waals surface area (Å²) >= 11 is 0. The molecule has 0 unspecified atom stereocenters. The van der Waals surface area contributed by atoms with Crippen LogP contribution >= 0.6 is 0 Å².